The van der Waals surface area contributed by atoms with Crippen molar-refractivity contribution in [3.05, 3.63) is 23.9 Å². The molecule has 0 aliphatic carbocycles. The predicted molar refractivity (Wildman–Crippen MR) is 117 cm³/mol. The number of aryl methyl sites for hydroxylation is 1. The largest absolute Gasteiger partial charge is 0.357 e. The van der Waals surface area contributed by atoms with Gasteiger partial charge in [0.05, 0.1) is 17.0 Å². The molecule has 0 amide bonds. The van der Waals surface area contributed by atoms with Crippen LogP contribution < -0.4 is 15.5 Å². The van der Waals surface area contributed by atoms with E-state index in [4.69, 9.17) is 0 Å². The normalized spacial score (nSPS) is 16.9. The lowest BCUT2D eigenvalue weighted by molar-refractivity contribution is 0.459. The minimum Gasteiger partial charge on any atom is -0.357 e. The van der Waals surface area contributed by atoms with Crippen LogP contribution in [0.4, 0.5) is 5.82 Å². The van der Waals surface area contributed by atoms with E-state index in [0.717, 1.165) is 44.0 Å². The smallest absolute Gasteiger partial charge is 0.191 e. The van der Waals surface area contributed by atoms with Gasteiger partial charge in [0.1, 0.15) is 5.82 Å². The maximum atomic E-state index is 12.3. The van der Waals surface area contributed by atoms with Crippen LogP contribution in [0.5, 0.6) is 0 Å². The van der Waals surface area contributed by atoms with Gasteiger partial charge < -0.3 is 15.5 Å². The highest BCUT2D eigenvalue weighted by Crippen LogP contribution is 2.18. The second-order valence-corrected chi connectivity index (χ2v) is 11.1. The zero-order valence-corrected chi connectivity index (χ0v) is 18.6. The van der Waals surface area contributed by atoms with Gasteiger partial charge in [0.15, 0.2) is 15.8 Å². The van der Waals surface area contributed by atoms with E-state index in [-0.39, 0.29) is 12.3 Å². The van der Waals surface area contributed by atoms with Crippen LogP contribution in [-0.4, -0.2) is 62.1 Å². The van der Waals surface area contributed by atoms with E-state index in [1.807, 2.05) is 26.0 Å². The average Bonchev–Trinajstić information content (AvgIpc) is 2.61. The molecule has 1 aliphatic rings. The van der Waals surface area contributed by atoms with Crippen molar-refractivity contribution in [1.29, 1.82) is 0 Å². The van der Waals surface area contributed by atoms with Gasteiger partial charge in [-0.25, -0.2) is 13.4 Å². The lowest BCUT2D eigenvalue weighted by Crippen LogP contribution is -2.49. The summed E-state index contributed by atoms with van der Waals surface area (Å²) in [7, 11) is -3.16. The third kappa shape index (κ3) is 6.36. The average molecular weight is 410 g/mol. The van der Waals surface area contributed by atoms with E-state index in [1.54, 1.807) is 20.8 Å². The third-order valence-electron chi connectivity index (χ3n) is 4.94. The summed E-state index contributed by atoms with van der Waals surface area (Å²) in [4.78, 5) is 11.4. The Balaban J connectivity index is 1.89. The summed E-state index contributed by atoms with van der Waals surface area (Å²) in [6, 6.07) is 6.43. The number of guanidine groups is 1. The molecule has 8 heteroatoms. The van der Waals surface area contributed by atoms with E-state index in [0.29, 0.717) is 12.0 Å². The molecule has 0 radical (unpaired) electrons. The Hall–Kier alpha value is -1.83. The van der Waals surface area contributed by atoms with Crippen molar-refractivity contribution in [1.82, 2.24) is 15.6 Å². The van der Waals surface area contributed by atoms with Crippen LogP contribution in [0.15, 0.2) is 23.2 Å². The number of piperidine rings is 1. The second-order valence-electron chi connectivity index (χ2n) is 8.23. The highest BCUT2D eigenvalue weighted by molar-refractivity contribution is 7.92. The zero-order valence-electron chi connectivity index (χ0n) is 17.8. The molecular formula is C20H35N5O2S. The van der Waals surface area contributed by atoms with Crippen LogP contribution in [0.25, 0.3) is 0 Å². The lowest BCUT2D eigenvalue weighted by atomic mass is 10.1. The number of aliphatic imine (C=N–C) groups is 1. The first-order chi connectivity index (χ1) is 13.1. The first kappa shape index (κ1) is 22.5. The predicted octanol–water partition coefficient (Wildman–Crippen LogP) is 2.13. The second kappa shape index (κ2) is 9.58. The SMILES string of the molecule is CCNC(=NCCS(=O)(=O)C(C)(C)C)NC1CCN(c2cccc(C)n2)CC1. The van der Waals surface area contributed by atoms with Gasteiger partial charge in [-0.2, -0.15) is 0 Å². The minimum absolute atomic E-state index is 0.0601. The van der Waals surface area contributed by atoms with Gasteiger partial charge in [-0.15, -0.1) is 0 Å². The molecule has 28 heavy (non-hydrogen) atoms. The minimum atomic E-state index is -3.16. The van der Waals surface area contributed by atoms with Gasteiger partial charge in [0, 0.05) is 31.4 Å². The number of hydrogen-bond acceptors (Lipinski definition) is 5. The maximum absolute atomic E-state index is 12.3. The molecule has 0 spiro atoms. The highest BCUT2D eigenvalue weighted by atomic mass is 32.2. The van der Waals surface area contributed by atoms with Crippen molar-refractivity contribution in [2.75, 3.05) is 36.8 Å². The molecule has 0 atom stereocenters. The quantitative estimate of drug-likeness (QED) is 0.553. The Kier molecular flexibility index (Phi) is 7.69. The highest BCUT2D eigenvalue weighted by Gasteiger charge is 2.28. The maximum Gasteiger partial charge on any atom is 0.191 e. The van der Waals surface area contributed by atoms with E-state index >= 15 is 0 Å². The summed E-state index contributed by atoms with van der Waals surface area (Å²) < 4.78 is 23.8. The van der Waals surface area contributed by atoms with Crippen molar-refractivity contribution >= 4 is 21.6 Å². The van der Waals surface area contributed by atoms with Crippen LogP contribution in [-0.2, 0) is 9.84 Å². The first-order valence-corrected chi connectivity index (χ1v) is 11.7. The van der Waals surface area contributed by atoms with E-state index < -0.39 is 14.6 Å². The summed E-state index contributed by atoms with van der Waals surface area (Å²) in [6.45, 7) is 12.1. The fourth-order valence-corrected chi connectivity index (χ4v) is 4.00. The Morgan fingerprint density at radius 2 is 1.96 bits per heavy atom. The van der Waals surface area contributed by atoms with Gasteiger partial charge >= 0.3 is 0 Å². The van der Waals surface area contributed by atoms with Crippen molar-refractivity contribution in [3.8, 4) is 0 Å². The molecule has 2 rings (SSSR count). The van der Waals surface area contributed by atoms with E-state index in [1.165, 1.54) is 0 Å². The molecule has 0 aromatic carbocycles. The van der Waals surface area contributed by atoms with Crippen molar-refractivity contribution in [3.63, 3.8) is 0 Å². The van der Waals surface area contributed by atoms with Crippen LogP contribution in [0.3, 0.4) is 0 Å². The number of pyridine rings is 1. The third-order valence-corrected chi connectivity index (χ3v) is 7.53. The fourth-order valence-electron chi connectivity index (χ4n) is 3.05. The Labute approximate surface area is 169 Å². The molecular weight excluding hydrogens is 374 g/mol. The van der Waals surface area contributed by atoms with Crippen LogP contribution in [0.1, 0.15) is 46.2 Å². The number of nitrogens with one attached hydrogen (secondary N) is 2. The molecule has 1 aromatic rings. The van der Waals surface area contributed by atoms with Crippen molar-refractivity contribution in [2.24, 2.45) is 4.99 Å². The molecule has 2 N–H and O–H groups in total. The summed E-state index contributed by atoms with van der Waals surface area (Å²) in [5.41, 5.74) is 1.03. The summed E-state index contributed by atoms with van der Waals surface area (Å²) in [6.07, 6.45) is 1.97. The summed E-state index contributed by atoms with van der Waals surface area (Å²) >= 11 is 0. The summed E-state index contributed by atoms with van der Waals surface area (Å²) in [5.74, 6) is 1.79. The molecule has 0 unspecified atom stereocenters. The van der Waals surface area contributed by atoms with E-state index in [2.05, 4.69) is 31.6 Å². The molecule has 0 bridgehead atoms. The monoisotopic (exact) mass is 409 g/mol. The summed E-state index contributed by atoms with van der Waals surface area (Å²) in [5, 5.41) is 6.69. The molecule has 1 fully saturated rings. The molecule has 7 nitrogen and oxygen atoms in total. The number of anilines is 1. The molecule has 0 saturated carbocycles. The van der Waals surface area contributed by atoms with Crippen molar-refractivity contribution in [2.45, 2.75) is 58.2 Å². The fraction of sp³-hybridized carbons (Fsp3) is 0.700. The number of rotatable bonds is 6. The van der Waals surface area contributed by atoms with Gasteiger partial charge in [-0.05, 0) is 59.6 Å². The Bertz CT molecular complexity index is 763. The Morgan fingerprint density at radius 3 is 2.54 bits per heavy atom. The number of aromatic nitrogens is 1. The standard InChI is InChI=1S/C20H35N5O2S/c1-6-21-19(22-12-15-28(26,27)20(3,4)5)24-17-10-13-25(14-11-17)18-9-7-8-16(2)23-18/h7-9,17H,6,10-15H2,1-5H3,(H2,21,22,24). The molecule has 158 valence electrons. The van der Waals surface area contributed by atoms with Crippen LogP contribution in [0, 0.1) is 6.92 Å². The van der Waals surface area contributed by atoms with Crippen LogP contribution in [0.2, 0.25) is 0 Å². The van der Waals surface area contributed by atoms with Gasteiger partial charge in [-0.1, -0.05) is 6.07 Å². The zero-order chi connectivity index (χ0) is 20.8. The lowest BCUT2D eigenvalue weighted by Gasteiger charge is -2.34. The first-order valence-electron chi connectivity index (χ1n) is 10.1. The van der Waals surface area contributed by atoms with Gasteiger partial charge in [0.25, 0.3) is 0 Å². The van der Waals surface area contributed by atoms with Gasteiger partial charge in [-0.3, -0.25) is 4.99 Å². The van der Waals surface area contributed by atoms with Gasteiger partial charge in [0.2, 0.25) is 0 Å². The Morgan fingerprint density at radius 1 is 1.29 bits per heavy atom. The molecule has 1 aliphatic heterocycles. The number of hydrogen-bond donors (Lipinski definition) is 2. The topological polar surface area (TPSA) is 86.7 Å². The number of sulfone groups is 1. The molecule has 1 aromatic heterocycles. The van der Waals surface area contributed by atoms with Crippen LogP contribution >= 0.6 is 0 Å². The number of nitrogens with zero attached hydrogens (tertiary/aromatic N) is 3. The van der Waals surface area contributed by atoms with E-state index in [9.17, 15) is 8.42 Å². The molecule has 1 saturated heterocycles. The van der Waals surface area contributed by atoms with Crippen molar-refractivity contribution < 1.29 is 8.42 Å². The molecule has 2 heterocycles.